The molecule has 2 rings (SSSR count). The van der Waals surface area contributed by atoms with Crippen LogP contribution in [0.2, 0.25) is 0 Å². The molecule has 0 bridgehead atoms. The second kappa shape index (κ2) is 7.33. The van der Waals surface area contributed by atoms with E-state index in [4.69, 9.17) is 10.5 Å². The Morgan fingerprint density at radius 3 is 2.67 bits per heavy atom. The normalized spacial score (nSPS) is 20.6. The van der Waals surface area contributed by atoms with Gasteiger partial charge in [-0.2, -0.15) is 0 Å². The summed E-state index contributed by atoms with van der Waals surface area (Å²) in [5, 5.41) is 9.28. The SMILES string of the molecule is NCc1ccc(S(=O)(=O)CCN2CCOCC2CO)cc1. The fraction of sp³-hybridized carbons (Fsp3) is 0.571. The first kappa shape index (κ1) is 16.4. The molecule has 1 aromatic carbocycles. The molecular weight excluding hydrogens is 292 g/mol. The Labute approximate surface area is 125 Å². The number of aliphatic hydroxyl groups excluding tert-OH is 1. The summed E-state index contributed by atoms with van der Waals surface area (Å²) in [6.45, 7) is 2.43. The lowest BCUT2D eigenvalue weighted by Crippen LogP contribution is -2.49. The highest BCUT2D eigenvalue weighted by Gasteiger charge is 2.24. The van der Waals surface area contributed by atoms with Gasteiger partial charge in [-0.15, -0.1) is 0 Å². The number of hydrogen-bond donors (Lipinski definition) is 2. The fourth-order valence-electron chi connectivity index (χ4n) is 2.34. The molecule has 21 heavy (non-hydrogen) atoms. The zero-order valence-electron chi connectivity index (χ0n) is 11.9. The van der Waals surface area contributed by atoms with Gasteiger partial charge in [-0.3, -0.25) is 4.90 Å². The highest BCUT2D eigenvalue weighted by Crippen LogP contribution is 2.14. The van der Waals surface area contributed by atoms with Gasteiger partial charge in [-0.25, -0.2) is 8.42 Å². The quantitative estimate of drug-likeness (QED) is 0.743. The average Bonchev–Trinajstić information content (AvgIpc) is 2.53. The van der Waals surface area contributed by atoms with Crippen LogP contribution in [0, 0.1) is 0 Å². The summed E-state index contributed by atoms with van der Waals surface area (Å²) in [4.78, 5) is 2.28. The van der Waals surface area contributed by atoms with Crippen LogP contribution in [-0.4, -0.2) is 63.1 Å². The van der Waals surface area contributed by atoms with Crippen molar-refractivity contribution in [3.05, 3.63) is 29.8 Å². The third kappa shape index (κ3) is 4.24. The van der Waals surface area contributed by atoms with Crippen molar-refractivity contribution in [1.82, 2.24) is 4.90 Å². The van der Waals surface area contributed by atoms with E-state index in [1.165, 1.54) is 0 Å². The van der Waals surface area contributed by atoms with Crippen molar-refractivity contribution in [2.24, 2.45) is 5.73 Å². The van der Waals surface area contributed by atoms with Gasteiger partial charge < -0.3 is 15.6 Å². The van der Waals surface area contributed by atoms with E-state index in [1.54, 1.807) is 24.3 Å². The van der Waals surface area contributed by atoms with E-state index in [2.05, 4.69) is 0 Å². The third-order valence-corrected chi connectivity index (χ3v) is 5.44. The standard InChI is InChI=1S/C14H22N2O4S/c15-9-12-1-3-14(4-2-12)21(18,19)8-6-16-5-7-20-11-13(16)10-17/h1-4,13,17H,5-11,15H2. The monoisotopic (exact) mass is 314 g/mol. The Hall–Kier alpha value is -0.990. The average molecular weight is 314 g/mol. The van der Waals surface area contributed by atoms with E-state index in [1.807, 2.05) is 4.90 Å². The molecule has 1 heterocycles. The van der Waals surface area contributed by atoms with Gasteiger partial charge in [0.2, 0.25) is 0 Å². The lowest BCUT2D eigenvalue weighted by atomic mass is 10.2. The number of ether oxygens (including phenoxy) is 1. The van der Waals surface area contributed by atoms with Crippen LogP contribution >= 0.6 is 0 Å². The summed E-state index contributed by atoms with van der Waals surface area (Å²) in [5.74, 6) is 0.0332. The fourth-order valence-corrected chi connectivity index (χ4v) is 3.60. The van der Waals surface area contributed by atoms with Gasteiger partial charge in [-0.05, 0) is 17.7 Å². The molecule has 0 saturated carbocycles. The van der Waals surface area contributed by atoms with Crippen molar-refractivity contribution in [3.8, 4) is 0 Å². The predicted molar refractivity (Wildman–Crippen MR) is 79.7 cm³/mol. The molecule has 1 aliphatic heterocycles. The first-order chi connectivity index (χ1) is 10.1. The zero-order chi connectivity index (χ0) is 15.3. The van der Waals surface area contributed by atoms with E-state index >= 15 is 0 Å². The topological polar surface area (TPSA) is 92.9 Å². The minimum atomic E-state index is -3.32. The van der Waals surface area contributed by atoms with Crippen LogP contribution in [0.5, 0.6) is 0 Å². The molecule has 6 nitrogen and oxygen atoms in total. The number of nitrogens with zero attached hydrogens (tertiary/aromatic N) is 1. The van der Waals surface area contributed by atoms with Crippen LogP contribution in [0.3, 0.4) is 0 Å². The lowest BCUT2D eigenvalue weighted by Gasteiger charge is -2.34. The molecule has 0 aliphatic carbocycles. The Balaban J connectivity index is 1.99. The first-order valence-corrected chi connectivity index (χ1v) is 8.66. The number of hydrogen-bond acceptors (Lipinski definition) is 6. The van der Waals surface area contributed by atoms with Gasteiger partial charge in [0.1, 0.15) is 0 Å². The van der Waals surface area contributed by atoms with Crippen molar-refractivity contribution in [2.75, 3.05) is 38.7 Å². The van der Waals surface area contributed by atoms with Crippen molar-refractivity contribution >= 4 is 9.84 Å². The van der Waals surface area contributed by atoms with Crippen LogP contribution in [0.1, 0.15) is 5.56 Å². The molecular formula is C14H22N2O4S. The summed E-state index contributed by atoms with van der Waals surface area (Å²) >= 11 is 0. The van der Waals surface area contributed by atoms with E-state index in [0.717, 1.165) is 5.56 Å². The number of sulfone groups is 1. The number of aliphatic hydroxyl groups is 1. The van der Waals surface area contributed by atoms with Crippen LogP contribution in [0.25, 0.3) is 0 Å². The Morgan fingerprint density at radius 1 is 1.33 bits per heavy atom. The van der Waals surface area contributed by atoms with Crippen LogP contribution in [-0.2, 0) is 21.1 Å². The largest absolute Gasteiger partial charge is 0.395 e. The van der Waals surface area contributed by atoms with Gasteiger partial charge in [0.25, 0.3) is 0 Å². The predicted octanol–water partition coefficient (Wildman–Crippen LogP) is -0.388. The second-order valence-corrected chi connectivity index (χ2v) is 7.22. The van der Waals surface area contributed by atoms with Crippen LogP contribution in [0.4, 0.5) is 0 Å². The van der Waals surface area contributed by atoms with Crippen molar-refractivity contribution in [1.29, 1.82) is 0 Å². The van der Waals surface area contributed by atoms with E-state index < -0.39 is 9.84 Å². The number of morpholine rings is 1. The molecule has 0 aromatic heterocycles. The highest BCUT2D eigenvalue weighted by molar-refractivity contribution is 7.91. The number of rotatable bonds is 6. The summed E-state index contributed by atoms with van der Waals surface area (Å²) < 4.78 is 29.9. The van der Waals surface area contributed by atoms with Crippen molar-refractivity contribution < 1.29 is 18.3 Å². The summed E-state index contributed by atoms with van der Waals surface area (Å²) in [6, 6.07) is 6.55. The molecule has 1 fully saturated rings. The van der Waals surface area contributed by atoms with Crippen LogP contribution in [0.15, 0.2) is 29.2 Å². The maximum absolute atomic E-state index is 12.3. The molecule has 1 atom stereocenters. The number of nitrogens with two attached hydrogens (primary N) is 1. The maximum atomic E-state index is 12.3. The second-order valence-electron chi connectivity index (χ2n) is 5.11. The molecule has 1 saturated heterocycles. The van der Waals surface area contributed by atoms with Gasteiger partial charge in [0, 0.05) is 19.6 Å². The van der Waals surface area contributed by atoms with Crippen molar-refractivity contribution in [2.45, 2.75) is 17.5 Å². The minimum absolute atomic E-state index is 0.0226. The van der Waals surface area contributed by atoms with Crippen LogP contribution < -0.4 is 5.73 Å². The Bertz CT molecular complexity index is 545. The molecule has 3 N–H and O–H groups in total. The summed E-state index contributed by atoms with van der Waals surface area (Å²) in [6.07, 6.45) is 0. The maximum Gasteiger partial charge on any atom is 0.179 e. The highest BCUT2D eigenvalue weighted by atomic mass is 32.2. The van der Waals surface area contributed by atoms with Crippen molar-refractivity contribution in [3.63, 3.8) is 0 Å². The first-order valence-electron chi connectivity index (χ1n) is 7.01. The molecule has 1 aliphatic rings. The number of benzene rings is 1. The summed E-state index contributed by atoms with van der Waals surface area (Å²) in [5.41, 5.74) is 6.41. The molecule has 7 heteroatoms. The third-order valence-electron chi connectivity index (χ3n) is 3.73. The zero-order valence-corrected chi connectivity index (χ0v) is 12.8. The van der Waals surface area contributed by atoms with Gasteiger partial charge in [-0.1, -0.05) is 12.1 Å². The molecule has 0 amide bonds. The van der Waals surface area contributed by atoms with E-state index in [9.17, 15) is 13.5 Å². The lowest BCUT2D eigenvalue weighted by molar-refractivity contribution is -0.0245. The Kier molecular flexibility index (Phi) is 5.72. The molecule has 1 aromatic rings. The summed E-state index contributed by atoms with van der Waals surface area (Å²) in [7, 11) is -3.32. The molecule has 0 spiro atoms. The molecule has 0 radical (unpaired) electrons. The van der Waals surface area contributed by atoms with Gasteiger partial charge in [0.15, 0.2) is 9.84 Å². The van der Waals surface area contributed by atoms with Gasteiger partial charge >= 0.3 is 0 Å². The van der Waals surface area contributed by atoms with Gasteiger partial charge in [0.05, 0.1) is 36.5 Å². The Morgan fingerprint density at radius 2 is 2.05 bits per heavy atom. The van der Waals surface area contributed by atoms with E-state index in [0.29, 0.717) is 37.7 Å². The smallest absolute Gasteiger partial charge is 0.179 e. The minimum Gasteiger partial charge on any atom is -0.395 e. The van der Waals surface area contributed by atoms with E-state index in [-0.39, 0.29) is 18.4 Å². The molecule has 1 unspecified atom stereocenters. The molecule has 118 valence electrons.